The van der Waals surface area contributed by atoms with E-state index in [-0.39, 0.29) is 5.91 Å². The number of likely N-dealkylation sites (N-methyl/N-ethyl adjacent to an activating group) is 1. The fourth-order valence-electron chi connectivity index (χ4n) is 1.21. The Morgan fingerprint density at radius 3 is 2.29 bits per heavy atom. The average molecular weight is 347 g/mol. The lowest BCUT2D eigenvalue weighted by molar-refractivity contribution is -0.147. The van der Waals surface area contributed by atoms with Crippen LogP contribution in [0.5, 0.6) is 0 Å². The summed E-state index contributed by atoms with van der Waals surface area (Å²) in [4.78, 5) is 24.5. The predicted octanol–water partition coefficient (Wildman–Crippen LogP) is 2.23. The van der Waals surface area contributed by atoms with Gasteiger partial charge in [-0.25, -0.2) is 4.79 Å². The van der Waals surface area contributed by atoms with E-state index in [4.69, 9.17) is 5.11 Å². The van der Waals surface area contributed by atoms with Crippen molar-refractivity contribution in [3.05, 3.63) is 33.4 Å². The van der Waals surface area contributed by atoms with Gasteiger partial charge in [-0.2, -0.15) is 0 Å². The molecular weight excluding hydrogens is 333 g/mol. The van der Waals surface area contributed by atoms with Gasteiger partial charge >= 0.3 is 5.97 Å². The van der Waals surface area contributed by atoms with Crippen LogP contribution in [0.4, 0.5) is 0 Å². The van der Waals surface area contributed by atoms with E-state index in [0.29, 0.717) is 5.56 Å². The molecule has 1 aromatic rings. The smallest absolute Gasteiger partial charge is 0.329 e. The molecule has 0 bridgehead atoms. The van der Waals surface area contributed by atoms with Crippen LogP contribution >= 0.6 is 22.6 Å². The Bertz CT molecular complexity index is 457. The minimum Gasteiger partial charge on any atom is -0.480 e. The first-order chi connectivity index (χ1) is 7.78. The zero-order valence-electron chi connectivity index (χ0n) is 9.90. The van der Waals surface area contributed by atoms with E-state index >= 15 is 0 Å². The number of benzene rings is 1. The van der Waals surface area contributed by atoms with Crippen LogP contribution in [-0.2, 0) is 4.79 Å². The first-order valence-electron chi connectivity index (χ1n) is 5.04. The zero-order valence-corrected chi connectivity index (χ0v) is 12.1. The molecule has 0 radical (unpaired) electrons. The van der Waals surface area contributed by atoms with Crippen molar-refractivity contribution in [2.24, 2.45) is 0 Å². The standard InChI is InChI=1S/C12H14INO3/c1-12(2,11(16)17)14(3)10(15)8-6-4-5-7-9(8)13/h4-7H,1-3H3,(H,16,17). The summed E-state index contributed by atoms with van der Waals surface area (Å²) in [6.07, 6.45) is 0. The van der Waals surface area contributed by atoms with Crippen molar-refractivity contribution in [1.29, 1.82) is 0 Å². The van der Waals surface area contributed by atoms with E-state index in [2.05, 4.69) is 22.6 Å². The van der Waals surface area contributed by atoms with Crippen LogP contribution in [0.15, 0.2) is 24.3 Å². The highest BCUT2D eigenvalue weighted by molar-refractivity contribution is 14.1. The summed E-state index contributed by atoms with van der Waals surface area (Å²) >= 11 is 2.06. The normalized spacial score (nSPS) is 11.1. The Kier molecular flexibility index (Phi) is 4.13. The number of hydrogen-bond acceptors (Lipinski definition) is 2. The summed E-state index contributed by atoms with van der Waals surface area (Å²) in [5.41, 5.74) is -0.708. The van der Waals surface area contributed by atoms with Crippen molar-refractivity contribution in [3.63, 3.8) is 0 Å². The molecule has 0 aliphatic rings. The number of carbonyl (C=O) groups is 2. The molecule has 0 aliphatic carbocycles. The van der Waals surface area contributed by atoms with Crippen molar-refractivity contribution < 1.29 is 14.7 Å². The number of rotatable bonds is 3. The molecule has 0 spiro atoms. The van der Waals surface area contributed by atoms with Gasteiger partial charge in [-0.3, -0.25) is 4.79 Å². The lowest BCUT2D eigenvalue weighted by atomic mass is 10.0. The molecular formula is C12H14INO3. The van der Waals surface area contributed by atoms with E-state index in [1.54, 1.807) is 12.1 Å². The van der Waals surface area contributed by atoms with Gasteiger partial charge in [-0.1, -0.05) is 12.1 Å². The number of carbonyl (C=O) groups excluding carboxylic acids is 1. The van der Waals surface area contributed by atoms with Gasteiger partial charge in [0.1, 0.15) is 5.54 Å². The van der Waals surface area contributed by atoms with Gasteiger partial charge in [0.15, 0.2) is 0 Å². The maximum Gasteiger partial charge on any atom is 0.329 e. The van der Waals surface area contributed by atoms with Gasteiger partial charge in [0.05, 0.1) is 5.56 Å². The summed E-state index contributed by atoms with van der Waals surface area (Å²) in [6, 6.07) is 7.10. The molecule has 0 saturated heterocycles. The topological polar surface area (TPSA) is 57.6 Å². The molecule has 1 rings (SSSR count). The summed E-state index contributed by atoms with van der Waals surface area (Å²) in [5, 5.41) is 9.08. The lowest BCUT2D eigenvalue weighted by Gasteiger charge is -2.31. The first kappa shape index (κ1) is 14.0. The highest BCUT2D eigenvalue weighted by Gasteiger charge is 2.35. The van der Waals surface area contributed by atoms with Crippen molar-refractivity contribution in [2.45, 2.75) is 19.4 Å². The highest BCUT2D eigenvalue weighted by Crippen LogP contribution is 2.19. The van der Waals surface area contributed by atoms with Crippen LogP contribution in [0.3, 0.4) is 0 Å². The molecule has 0 unspecified atom stereocenters. The Morgan fingerprint density at radius 1 is 1.29 bits per heavy atom. The lowest BCUT2D eigenvalue weighted by Crippen LogP contribution is -2.50. The van der Waals surface area contributed by atoms with Gasteiger partial charge in [0.2, 0.25) is 0 Å². The van der Waals surface area contributed by atoms with Gasteiger partial charge in [-0.05, 0) is 48.6 Å². The van der Waals surface area contributed by atoms with Crippen LogP contribution in [0.2, 0.25) is 0 Å². The summed E-state index contributed by atoms with van der Waals surface area (Å²) < 4.78 is 0.808. The maximum absolute atomic E-state index is 12.2. The van der Waals surface area contributed by atoms with Crippen molar-refractivity contribution in [3.8, 4) is 0 Å². The largest absolute Gasteiger partial charge is 0.480 e. The minimum atomic E-state index is -1.23. The molecule has 0 aliphatic heterocycles. The highest BCUT2D eigenvalue weighted by atomic mass is 127. The zero-order chi connectivity index (χ0) is 13.2. The minimum absolute atomic E-state index is 0.289. The molecule has 17 heavy (non-hydrogen) atoms. The second kappa shape index (κ2) is 5.03. The van der Waals surface area contributed by atoms with E-state index in [9.17, 15) is 9.59 Å². The number of aliphatic carboxylic acids is 1. The van der Waals surface area contributed by atoms with Gasteiger partial charge in [0, 0.05) is 10.6 Å². The van der Waals surface area contributed by atoms with Crippen LogP contribution in [0.25, 0.3) is 0 Å². The number of carboxylic acid groups (broad SMARTS) is 1. The third-order valence-electron chi connectivity index (χ3n) is 2.77. The number of halogens is 1. The van der Waals surface area contributed by atoms with Gasteiger partial charge in [-0.15, -0.1) is 0 Å². The number of hydrogen-bond donors (Lipinski definition) is 1. The number of carboxylic acids is 1. The Morgan fingerprint density at radius 2 is 1.82 bits per heavy atom. The van der Waals surface area contributed by atoms with Crippen LogP contribution < -0.4 is 0 Å². The molecule has 5 heteroatoms. The molecule has 1 amide bonds. The molecule has 0 atom stereocenters. The van der Waals surface area contributed by atoms with Crippen LogP contribution in [-0.4, -0.2) is 34.5 Å². The number of amides is 1. The third kappa shape index (κ3) is 2.77. The Labute approximate surface area is 114 Å². The van der Waals surface area contributed by atoms with Crippen LogP contribution in [0, 0.1) is 3.57 Å². The third-order valence-corrected chi connectivity index (χ3v) is 3.71. The van der Waals surface area contributed by atoms with E-state index in [1.807, 2.05) is 12.1 Å². The van der Waals surface area contributed by atoms with Crippen molar-refractivity contribution in [1.82, 2.24) is 4.90 Å². The average Bonchev–Trinajstić information content (AvgIpc) is 2.27. The molecule has 1 N–H and O–H groups in total. The van der Waals surface area contributed by atoms with Gasteiger partial charge < -0.3 is 10.0 Å². The molecule has 0 fully saturated rings. The predicted molar refractivity (Wildman–Crippen MR) is 73.0 cm³/mol. The Balaban J connectivity index is 3.07. The maximum atomic E-state index is 12.2. The SMILES string of the molecule is CN(C(=O)c1ccccc1I)C(C)(C)C(=O)O. The monoisotopic (exact) mass is 347 g/mol. The summed E-state index contributed by atoms with van der Waals surface area (Å²) in [7, 11) is 1.50. The fraction of sp³-hybridized carbons (Fsp3) is 0.333. The first-order valence-corrected chi connectivity index (χ1v) is 6.12. The fourth-order valence-corrected chi connectivity index (χ4v) is 1.83. The molecule has 1 aromatic carbocycles. The van der Waals surface area contributed by atoms with Crippen molar-refractivity contribution in [2.75, 3.05) is 7.05 Å². The Hall–Kier alpha value is -1.11. The van der Waals surface area contributed by atoms with Gasteiger partial charge in [0.25, 0.3) is 5.91 Å². The van der Waals surface area contributed by atoms with Crippen molar-refractivity contribution >= 4 is 34.5 Å². The number of nitrogens with zero attached hydrogens (tertiary/aromatic N) is 1. The molecule has 0 aromatic heterocycles. The molecule has 0 heterocycles. The quantitative estimate of drug-likeness (QED) is 0.854. The van der Waals surface area contributed by atoms with E-state index < -0.39 is 11.5 Å². The summed E-state index contributed by atoms with van der Waals surface area (Å²) in [6.45, 7) is 3.01. The van der Waals surface area contributed by atoms with Crippen LogP contribution in [0.1, 0.15) is 24.2 Å². The second-order valence-corrected chi connectivity index (χ2v) is 5.37. The molecule has 4 nitrogen and oxygen atoms in total. The van der Waals surface area contributed by atoms with E-state index in [0.717, 1.165) is 3.57 Å². The molecule has 92 valence electrons. The second-order valence-electron chi connectivity index (χ2n) is 4.21. The van der Waals surface area contributed by atoms with E-state index in [1.165, 1.54) is 25.8 Å². The molecule has 0 saturated carbocycles. The summed E-state index contributed by atoms with van der Waals surface area (Å²) in [5.74, 6) is -1.32.